The number of aromatic nitrogens is 2. The fraction of sp³-hybridized carbons (Fsp3) is 0.0667. The largest absolute Gasteiger partial charge is 0.224 e. The monoisotopic (exact) mass is 288 g/mol. The van der Waals surface area contributed by atoms with Crippen LogP contribution in [0.1, 0.15) is 5.56 Å². The van der Waals surface area contributed by atoms with Crippen molar-refractivity contribution >= 4 is 34.1 Å². The Morgan fingerprint density at radius 3 is 2.37 bits per heavy atom. The summed E-state index contributed by atoms with van der Waals surface area (Å²) in [5.74, 6) is 0. The molecule has 19 heavy (non-hydrogen) atoms. The highest BCUT2D eigenvalue weighted by atomic mass is 35.5. The first kappa shape index (κ1) is 12.4. The Bertz CT molecular complexity index is 769. The summed E-state index contributed by atoms with van der Waals surface area (Å²) in [6.07, 6.45) is 0. The van der Waals surface area contributed by atoms with Gasteiger partial charge < -0.3 is 0 Å². The number of hydrogen-bond donors (Lipinski definition) is 0. The van der Waals surface area contributed by atoms with Crippen LogP contribution in [0.2, 0.25) is 10.4 Å². The molecule has 0 unspecified atom stereocenters. The molecule has 0 spiro atoms. The normalized spacial score (nSPS) is 10.9. The van der Waals surface area contributed by atoms with Crippen molar-refractivity contribution in [2.45, 2.75) is 6.92 Å². The van der Waals surface area contributed by atoms with Gasteiger partial charge in [0, 0.05) is 5.39 Å². The molecule has 0 saturated carbocycles. The van der Waals surface area contributed by atoms with Gasteiger partial charge in [0.1, 0.15) is 5.15 Å². The lowest BCUT2D eigenvalue weighted by atomic mass is 9.97. The quantitative estimate of drug-likeness (QED) is 0.470. The molecule has 0 bridgehead atoms. The van der Waals surface area contributed by atoms with Crippen molar-refractivity contribution in [3.63, 3.8) is 0 Å². The Labute approximate surface area is 121 Å². The number of rotatable bonds is 1. The highest BCUT2D eigenvalue weighted by Crippen LogP contribution is 2.34. The number of hydrogen-bond acceptors (Lipinski definition) is 2. The van der Waals surface area contributed by atoms with Gasteiger partial charge in [0.2, 0.25) is 5.28 Å². The SMILES string of the molecule is Cc1ccccc1-c1cccc2nc(Cl)nc(Cl)c12. The standard InChI is InChI=1S/C15H10Cl2N2/c1-9-5-2-3-6-10(9)11-7-4-8-12-13(11)14(16)19-15(17)18-12/h2-8H,1H3. The van der Waals surface area contributed by atoms with Crippen LogP contribution < -0.4 is 0 Å². The Kier molecular flexibility index (Phi) is 3.13. The maximum atomic E-state index is 6.23. The van der Waals surface area contributed by atoms with E-state index >= 15 is 0 Å². The highest BCUT2D eigenvalue weighted by molar-refractivity contribution is 6.36. The van der Waals surface area contributed by atoms with Gasteiger partial charge in [0.15, 0.2) is 0 Å². The average molecular weight is 289 g/mol. The summed E-state index contributed by atoms with van der Waals surface area (Å²) >= 11 is 12.1. The van der Waals surface area contributed by atoms with Crippen LogP contribution in [-0.2, 0) is 0 Å². The summed E-state index contributed by atoms with van der Waals surface area (Å²) < 4.78 is 0. The third kappa shape index (κ3) is 2.18. The van der Waals surface area contributed by atoms with Crippen molar-refractivity contribution < 1.29 is 0 Å². The molecule has 3 aromatic rings. The second-order valence-corrected chi connectivity index (χ2v) is 4.99. The van der Waals surface area contributed by atoms with Crippen LogP contribution in [0.3, 0.4) is 0 Å². The Morgan fingerprint density at radius 2 is 1.58 bits per heavy atom. The molecule has 0 radical (unpaired) electrons. The zero-order valence-corrected chi connectivity index (χ0v) is 11.7. The van der Waals surface area contributed by atoms with Crippen molar-refractivity contribution in [1.82, 2.24) is 9.97 Å². The molecular formula is C15H10Cl2N2. The van der Waals surface area contributed by atoms with E-state index in [1.165, 1.54) is 5.56 Å². The zero-order chi connectivity index (χ0) is 13.4. The Balaban J connectivity index is 2.40. The molecule has 0 aliphatic carbocycles. The van der Waals surface area contributed by atoms with Crippen molar-refractivity contribution in [1.29, 1.82) is 0 Å². The minimum Gasteiger partial charge on any atom is -0.218 e. The van der Waals surface area contributed by atoms with Gasteiger partial charge in [-0.25, -0.2) is 9.97 Å². The van der Waals surface area contributed by atoms with E-state index < -0.39 is 0 Å². The number of aryl methyl sites for hydroxylation is 1. The van der Waals surface area contributed by atoms with Crippen molar-refractivity contribution in [3.05, 3.63) is 58.5 Å². The Morgan fingerprint density at radius 1 is 0.842 bits per heavy atom. The summed E-state index contributed by atoms with van der Waals surface area (Å²) in [5, 5.41) is 1.39. The second kappa shape index (κ2) is 4.80. The van der Waals surface area contributed by atoms with E-state index in [0.29, 0.717) is 5.15 Å². The first-order valence-electron chi connectivity index (χ1n) is 5.84. The van der Waals surface area contributed by atoms with E-state index in [-0.39, 0.29) is 5.28 Å². The predicted octanol–water partition coefficient (Wildman–Crippen LogP) is 4.91. The predicted molar refractivity (Wildman–Crippen MR) is 79.7 cm³/mol. The van der Waals surface area contributed by atoms with Crippen molar-refractivity contribution in [2.75, 3.05) is 0 Å². The van der Waals surface area contributed by atoms with Crippen molar-refractivity contribution in [3.8, 4) is 11.1 Å². The van der Waals surface area contributed by atoms with Gasteiger partial charge in [-0.3, -0.25) is 0 Å². The third-order valence-corrected chi connectivity index (χ3v) is 3.53. The van der Waals surface area contributed by atoms with Crippen LogP contribution >= 0.6 is 23.2 Å². The molecule has 0 fully saturated rings. The van der Waals surface area contributed by atoms with Gasteiger partial charge in [-0.1, -0.05) is 48.0 Å². The average Bonchev–Trinajstić information content (AvgIpc) is 2.38. The first-order valence-corrected chi connectivity index (χ1v) is 6.60. The smallest absolute Gasteiger partial charge is 0.218 e. The number of fused-ring (bicyclic) bond motifs is 1. The summed E-state index contributed by atoms with van der Waals surface area (Å²) in [6.45, 7) is 2.07. The van der Waals surface area contributed by atoms with E-state index in [4.69, 9.17) is 23.2 Å². The molecule has 3 rings (SSSR count). The van der Waals surface area contributed by atoms with E-state index in [1.807, 2.05) is 30.3 Å². The number of benzene rings is 2. The number of halogens is 2. The topological polar surface area (TPSA) is 25.8 Å². The van der Waals surface area contributed by atoms with Gasteiger partial charge in [0.25, 0.3) is 0 Å². The highest BCUT2D eigenvalue weighted by Gasteiger charge is 2.11. The fourth-order valence-electron chi connectivity index (χ4n) is 2.21. The molecule has 2 nitrogen and oxygen atoms in total. The van der Waals surface area contributed by atoms with Crippen LogP contribution in [0.15, 0.2) is 42.5 Å². The second-order valence-electron chi connectivity index (χ2n) is 4.30. The first-order chi connectivity index (χ1) is 9.16. The minimum absolute atomic E-state index is 0.166. The molecule has 0 aliphatic rings. The summed E-state index contributed by atoms with van der Waals surface area (Å²) in [7, 11) is 0. The van der Waals surface area contributed by atoms with Crippen LogP contribution in [0.25, 0.3) is 22.0 Å². The number of nitrogens with zero attached hydrogens (tertiary/aromatic N) is 2. The van der Waals surface area contributed by atoms with Gasteiger partial charge in [-0.15, -0.1) is 0 Å². The van der Waals surface area contributed by atoms with Crippen LogP contribution in [-0.4, -0.2) is 9.97 Å². The van der Waals surface area contributed by atoms with E-state index in [2.05, 4.69) is 29.0 Å². The van der Waals surface area contributed by atoms with Gasteiger partial charge in [-0.2, -0.15) is 0 Å². The lowest BCUT2D eigenvalue weighted by Gasteiger charge is -2.10. The van der Waals surface area contributed by atoms with Gasteiger partial charge >= 0.3 is 0 Å². The molecule has 0 N–H and O–H groups in total. The van der Waals surface area contributed by atoms with Crippen LogP contribution in [0.5, 0.6) is 0 Å². The molecular weight excluding hydrogens is 279 g/mol. The molecule has 0 saturated heterocycles. The molecule has 0 aliphatic heterocycles. The molecule has 94 valence electrons. The minimum atomic E-state index is 0.166. The molecule has 0 amide bonds. The van der Waals surface area contributed by atoms with E-state index in [9.17, 15) is 0 Å². The van der Waals surface area contributed by atoms with Crippen molar-refractivity contribution in [2.24, 2.45) is 0 Å². The molecule has 1 aromatic heterocycles. The lowest BCUT2D eigenvalue weighted by molar-refractivity contribution is 1.22. The molecule has 0 atom stereocenters. The maximum Gasteiger partial charge on any atom is 0.224 e. The third-order valence-electron chi connectivity index (χ3n) is 3.09. The zero-order valence-electron chi connectivity index (χ0n) is 10.2. The Hall–Kier alpha value is -1.64. The lowest BCUT2D eigenvalue weighted by Crippen LogP contribution is -1.91. The van der Waals surface area contributed by atoms with Gasteiger partial charge in [-0.05, 0) is 41.3 Å². The molecule has 4 heteroatoms. The van der Waals surface area contributed by atoms with Gasteiger partial charge in [0.05, 0.1) is 5.52 Å². The van der Waals surface area contributed by atoms with E-state index in [1.54, 1.807) is 0 Å². The summed E-state index contributed by atoms with van der Waals surface area (Å²) in [4.78, 5) is 8.26. The maximum absolute atomic E-state index is 6.23. The summed E-state index contributed by atoms with van der Waals surface area (Å²) in [5.41, 5.74) is 4.09. The van der Waals surface area contributed by atoms with Crippen LogP contribution in [0.4, 0.5) is 0 Å². The molecule has 1 heterocycles. The fourth-order valence-corrected chi connectivity index (χ4v) is 2.71. The molecule has 2 aromatic carbocycles. The van der Waals surface area contributed by atoms with Crippen LogP contribution in [0, 0.1) is 6.92 Å². The summed E-state index contributed by atoms with van der Waals surface area (Å²) in [6, 6.07) is 14.0. The van der Waals surface area contributed by atoms with E-state index in [0.717, 1.165) is 22.0 Å².